The van der Waals surface area contributed by atoms with Gasteiger partial charge in [-0.1, -0.05) is 32.0 Å². The van der Waals surface area contributed by atoms with Crippen molar-refractivity contribution >= 4 is 23.2 Å². The molecule has 5 nitrogen and oxygen atoms in total. The van der Waals surface area contributed by atoms with E-state index in [1.54, 1.807) is 12.1 Å². The minimum atomic E-state index is 0.0298. The second-order valence-electron chi connectivity index (χ2n) is 7.19. The van der Waals surface area contributed by atoms with Gasteiger partial charge in [-0.15, -0.1) is 0 Å². The van der Waals surface area contributed by atoms with E-state index in [9.17, 15) is 9.59 Å². The van der Waals surface area contributed by atoms with Gasteiger partial charge in [-0.25, -0.2) is 0 Å². The van der Waals surface area contributed by atoms with E-state index in [2.05, 4.69) is 22.3 Å². The van der Waals surface area contributed by atoms with Crippen molar-refractivity contribution in [3.05, 3.63) is 60.2 Å². The number of benzene rings is 2. The van der Waals surface area contributed by atoms with Crippen LogP contribution in [0.5, 0.6) is 0 Å². The Bertz CT molecular complexity index is 777. The van der Waals surface area contributed by atoms with Gasteiger partial charge < -0.3 is 15.1 Å². The molecule has 2 aromatic rings. The van der Waals surface area contributed by atoms with Gasteiger partial charge in [0.1, 0.15) is 0 Å². The van der Waals surface area contributed by atoms with Crippen LogP contribution in [-0.2, 0) is 4.79 Å². The van der Waals surface area contributed by atoms with Crippen LogP contribution in [0.1, 0.15) is 37.0 Å². The third-order valence-corrected chi connectivity index (χ3v) is 5.44. The summed E-state index contributed by atoms with van der Waals surface area (Å²) in [6, 6.07) is 17.5. The Morgan fingerprint density at radius 1 is 0.893 bits per heavy atom. The van der Waals surface area contributed by atoms with Crippen LogP contribution in [0.3, 0.4) is 0 Å². The molecule has 28 heavy (non-hydrogen) atoms. The van der Waals surface area contributed by atoms with E-state index in [1.807, 2.05) is 49.1 Å². The van der Waals surface area contributed by atoms with Gasteiger partial charge in [0, 0.05) is 49.0 Å². The van der Waals surface area contributed by atoms with E-state index >= 15 is 0 Å². The van der Waals surface area contributed by atoms with E-state index in [4.69, 9.17) is 0 Å². The number of carbonyl (C=O) groups excluding carboxylic acids is 2. The van der Waals surface area contributed by atoms with Crippen molar-refractivity contribution in [3.63, 3.8) is 0 Å². The lowest BCUT2D eigenvalue weighted by atomic mass is 10.0. The quantitative estimate of drug-likeness (QED) is 0.825. The monoisotopic (exact) mass is 379 g/mol. The van der Waals surface area contributed by atoms with Crippen molar-refractivity contribution in [2.75, 3.05) is 36.4 Å². The SMILES string of the molecule is CCC(CC)C(=O)Nc1ccc(C(=O)N2CCN(c3ccccc3)CC2)cc1. The number of hydrogen-bond donors (Lipinski definition) is 1. The number of carbonyl (C=O) groups is 2. The Labute approximate surface area is 167 Å². The molecular weight excluding hydrogens is 350 g/mol. The maximum Gasteiger partial charge on any atom is 0.253 e. The Hall–Kier alpha value is -2.82. The largest absolute Gasteiger partial charge is 0.368 e. The Balaban J connectivity index is 1.56. The average molecular weight is 380 g/mol. The number of rotatable bonds is 6. The number of amides is 2. The first-order valence-electron chi connectivity index (χ1n) is 10.1. The lowest BCUT2D eigenvalue weighted by molar-refractivity contribution is -0.120. The number of para-hydroxylation sites is 1. The van der Waals surface area contributed by atoms with Gasteiger partial charge in [-0.2, -0.15) is 0 Å². The van der Waals surface area contributed by atoms with E-state index in [0.29, 0.717) is 18.7 Å². The highest BCUT2D eigenvalue weighted by Crippen LogP contribution is 2.18. The number of hydrogen-bond acceptors (Lipinski definition) is 3. The van der Waals surface area contributed by atoms with Crippen LogP contribution < -0.4 is 10.2 Å². The summed E-state index contributed by atoms with van der Waals surface area (Å²) in [5, 5.41) is 2.94. The molecular formula is C23H29N3O2. The van der Waals surface area contributed by atoms with Crippen molar-refractivity contribution in [1.82, 2.24) is 4.90 Å². The van der Waals surface area contributed by atoms with Crippen molar-refractivity contribution < 1.29 is 9.59 Å². The fourth-order valence-corrected chi connectivity index (χ4v) is 3.59. The molecule has 148 valence electrons. The van der Waals surface area contributed by atoms with E-state index in [0.717, 1.165) is 31.6 Å². The summed E-state index contributed by atoms with van der Waals surface area (Å²) in [5.74, 6) is 0.119. The van der Waals surface area contributed by atoms with Gasteiger partial charge in [0.05, 0.1) is 0 Å². The van der Waals surface area contributed by atoms with Crippen LogP contribution in [0, 0.1) is 5.92 Å². The van der Waals surface area contributed by atoms with Crippen molar-refractivity contribution in [3.8, 4) is 0 Å². The summed E-state index contributed by atoms with van der Waals surface area (Å²) in [6.45, 7) is 7.13. The topological polar surface area (TPSA) is 52.7 Å². The molecule has 1 N–H and O–H groups in total. The molecule has 0 aromatic heterocycles. The summed E-state index contributed by atoms with van der Waals surface area (Å²) in [7, 11) is 0. The third-order valence-electron chi connectivity index (χ3n) is 5.44. The predicted molar refractivity (Wildman–Crippen MR) is 114 cm³/mol. The molecule has 1 aliphatic rings. The number of anilines is 2. The lowest BCUT2D eigenvalue weighted by Crippen LogP contribution is -2.48. The van der Waals surface area contributed by atoms with E-state index < -0.39 is 0 Å². The lowest BCUT2D eigenvalue weighted by Gasteiger charge is -2.36. The molecule has 1 fully saturated rings. The van der Waals surface area contributed by atoms with Crippen molar-refractivity contribution in [2.45, 2.75) is 26.7 Å². The zero-order chi connectivity index (χ0) is 19.9. The van der Waals surface area contributed by atoms with Gasteiger partial charge in [-0.05, 0) is 49.2 Å². The molecule has 1 aliphatic heterocycles. The highest BCUT2D eigenvalue weighted by atomic mass is 16.2. The number of piperazine rings is 1. The third kappa shape index (κ3) is 4.71. The average Bonchev–Trinajstić information content (AvgIpc) is 2.75. The molecule has 1 heterocycles. The molecule has 5 heteroatoms. The zero-order valence-electron chi connectivity index (χ0n) is 16.7. The first-order chi connectivity index (χ1) is 13.6. The highest BCUT2D eigenvalue weighted by Gasteiger charge is 2.22. The molecule has 0 radical (unpaired) electrons. The fraction of sp³-hybridized carbons (Fsp3) is 0.391. The normalized spacial score (nSPS) is 14.2. The summed E-state index contributed by atoms with van der Waals surface area (Å²) in [6.07, 6.45) is 1.65. The second-order valence-corrected chi connectivity index (χ2v) is 7.19. The molecule has 3 rings (SSSR count). The minimum absolute atomic E-state index is 0.0298. The Morgan fingerprint density at radius 3 is 2.07 bits per heavy atom. The van der Waals surface area contributed by atoms with Crippen LogP contribution in [0.4, 0.5) is 11.4 Å². The van der Waals surface area contributed by atoms with Gasteiger partial charge in [-0.3, -0.25) is 9.59 Å². The van der Waals surface area contributed by atoms with Crippen molar-refractivity contribution in [2.24, 2.45) is 5.92 Å². The molecule has 2 aromatic carbocycles. The minimum Gasteiger partial charge on any atom is -0.368 e. The summed E-state index contributed by atoms with van der Waals surface area (Å²) >= 11 is 0. The molecule has 0 bridgehead atoms. The maximum atomic E-state index is 12.8. The molecule has 0 aliphatic carbocycles. The fourth-order valence-electron chi connectivity index (χ4n) is 3.59. The highest BCUT2D eigenvalue weighted by molar-refractivity contribution is 5.96. The van der Waals surface area contributed by atoms with Crippen LogP contribution in [-0.4, -0.2) is 42.9 Å². The van der Waals surface area contributed by atoms with E-state index in [1.165, 1.54) is 5.69 Å². The van der Waals surface area contributed by atoms with Gasteiger partial charge >= 0.3 is 0 Å². The first-order valence-corrected chi connectivity index (χ1v) is 10.1. The summed E-state index contributed by atoms with van der Waals surface area (Å²) < 4.78 is 0. The number of nitrogens with zero attached hydrogens (tertiary/aromatic N) is 2. The van der Waals surface area contributed by atoms with Crippen LogP contribution in [0.25, 0.3) is 0 Å². The zero-order valence-corrected chi connectivity index (χ0v) is 16.7. The van der Waals surface area contributed by atoms with Gasteiger partial charge in [0.2, 0.25) is 5.91 Å². The molecule has 0 spiro atoms. The molecule has 1 saturated heterocycles. The van der Waals surface area contributed by atoms with Crippen LogP contribution >= 0.6 is 0 Å². The molecule has 0 atom stereocenters. The summed E-state index contributed by atoms with van der Waals surface area (Å²) in [4.78, 5) is 29.2. The predicted octanol–water partition coefficient (Wildman–Crippen LogP) is 4.02. The van der Waals surface area contributed by atoms with Crippen LogP contribution in [0.15, 0.2) is 54.6 Å². The van der Waals surface area contributed by atoms with E-state index in [-0.39, 0.29) is 17.7 Å². The first kappa shape index (κ1) is 19.9. The maximum absolute atomic E-state index is 12.8. The standard InChI is InChI=1S/C23H29N3O2/c1-3-18(4-2)22(27)24-20-12-10-19(11-13-20)23(28)26-16-14-25(15-17-26)21-8-6-5-7-9-21/h5-13,18H,3-4,14-17H2,1-2H3,(H,24,27). The van der Waals surface area contributed by atoms with Gasteiger partial charge in [0.25, 0.3) is 5.91 Å². The number of nitrogens with one attached hydrogen (secondary N) is 1. The molecule has 0 unspecified atom stereocenters. The smallest absolute Gasteiger partial charge is 0.253 e. The Kier molecular flexibility index (Phi) is 6.69. The molecule has 0 saturated carbocycles. The van der Waals surface area contributed by atoms with Crippen molar-refractivity contribution in [1.29, 1.82) is 0 Å². The second kappa shape index (κ2) is 9.40. The molecule has 2 amide bonds. The summed E-state index contributed by atoms with van der Waals surface area (Å²) in [5.41, 5.74) is 2.60. The Morgan fingerprint density at radius 2 is 1.50 bits per heavy atom. The van der Waals surface area contributed by atoms with Gasteiger partial charge in [0.15, 0.2) is 0 Å². The van der Waals surface area contributed by atoms with Crippen LogP contribution in [0.2, 0.25) is 0 Å².